The van der Waals surface area contributed by atoms with E-state index >= 15 is 0 Å². The lowest BCUT2D eigenvalue weighted by Gasteiger charge is -2.21. The van der Waals surface area contributed by atoms with Crippen molar-refractivity contribution >= 4 is 39.5 Å². The van der Waals surface area contributed by atoms with E-state index in [9.17, 15) is 43.2 Å². The molecule has 5 unspecified atom stereocenters. The van der Waals surface area contributed by atoms with Crippen LogP contribution in [0.1, 0.15) is 297 Å². The molecule has 0 fully saturated rings. The second-order valence-corrected chi connectivity index (χ2v) is 27.4. The molecule has 0 aliphatic carbocycles. The second-order valence-electron chi connectivity index (χ2n) is 24.5. The van der Waals surface area contributed by atoms with Gasteiger partial charge in [-0.3, -0.25) is 37.3 Å². The van der Waals surface area contributed by atoms with Crippen LogP contribution in [0.5, 0.6) is 0 Å². The minimum atomic E-state index is -4.99. The van der Waals surface area contributed by atoms with Gasteiger partial charge >= 0.3 is 39.5 Å². The van der Waals surface area contributed by atoms with Crippen molar-refractivity contribution in [2.45, 2.75) is 316 Å². The van der Waals surface area contributed by atoms with Crippen LogP contribution in [0.3, 0.4) is 0 Å². The number of aliphatic hydroxyl groups excluding tert-OH is 1. The molecule has 17 nitrogen and oxygen atoms in total. The Bertz CT molecular complexity index is 2250. The summed E-state index contributed by atoms with van der Waals surface area (Å²) in [6.45, 7) is 4.49. The predicted molar refractivity (Wildman–Crippen MR) is 390 cm³/mol. The molecule has 96 heavy (non-hydrogen) atoms. The highest BCUT2D eigenvalue weighted by atomic mass is 31.2. The van der Waals surface area contributed by atoms with Gasteiger partial charge in [-0.05, 0) is 109 Å². The number of hydrogen-bond donors (Lipinski definition) is 3. The van der Waals surface area contributed by atoms with Crippen molar-refractivity contribution in [1.82, 2.24) is 0 Å². The molecule has 0 rings (SSSR count). The van der Waals surface area contributed by atoms with Gasteiger partial charge in [-0.1, -0.05) is 272 Å². The van der Waals surface area contributed by atoms with Crippen LogP contribution >= 0.6 is 15.6 Å². The van der Waals surface area contributed by atoms with E-state index in [4.69, 9.17) is 37.0 Å². The van der Waals surface area contributed by atoms with Gasteiger partial charge < -0.3 is 33.8 Å². The van der Waals surface area contributed by atoms with Crippen molar-refractivity contribution in [3.8, 4) is 0 Å². The number of rotatable bonds is 69. The number of hydrogen-bond acceptors (Lipinski definition) is 15. The molecule has 0 aromatic heterocycles. The fraction of sp³-hybridized carbons (Fsp3) is 0.714. The number of carbonyl (C=O) groups is 4. The maximum absolute atomic E-state index is 13.1. The van der Waals surface area contributed by atoms with Crippen LogP contribution in [-0.4, -0.2) is 96.7 Å². The number of ether oxygens (including phenoxy) is 4. The van der Waals surface area contributed by atoms with Crippen LogP contribution in [0.2, 0.25) is 0 Å². The summed E-state index contributed by atoms with van der Waals surface area (Å²) < 4.78 is 68.2. The molecule has 0 aliphatic heterocycles. The van der Waals surface area contributed by atoms with E-state index in [1.807, 2.05) is 18.2 Å². The molecule has 0 heterocycles. The van der Waals surface area contributed by atoms with E-state index in [0.29, 0.717) is 25.7 Å². The average Bonchev–Trinajstić information content (AvgIpc) is 1.11. The third-order valence-electron chi connectivity index (χ3n) is 15.3. The summed E-state index contributed by atoms with van der Waals surface area (Å²) in [4.78, 5) is 72.6. The Morgan fingerprint density at radius 2 is 0.583 bits per heavy atom. The van der Waals surface area contributed by atoms with Crippen LogP contribution in [0.4, 0.5) is 0 Å². The summed E-state index contributed by atoms with van der Waals surface area (Å²) in [5, 5.41) is 10.6. The first-order valence-electron chi connectivity index (χ1n) is 37.1. The molecular formula is C77H132O17P2. The number of carbonyl (C=O) groups excluding carboxylic acids is 4. The van der Waals surface area contributed by atoms with Crippen LogP contribution < -0.4 is 0 Å². The molecule has 5 atom stereocenters. The van der Waals surface area contributed by atoms with Crippen molar-refractivity contribution in [1.29, 1.82) is 0 Å². The van der Waals surface area contributed by atoms with Crippen LogP contribution in [0, 0.1) is 0 Å². The zero-order valence-electron chi connectivity index (χ0n) is 60.0. The molecule has 19 heteroatoms. The van der Waals surface area contributed by atoms with Crippen molar-refractivity contribution in [3.63, 3.8) is 0 Å². The maximum atomic E-state index is 13.1. The zero-order valence-corrected chi connectivity index (χ0v) is 61.8. The first-order valence-corrected chi connectivity index (χ1v) is 40.1. The SMILES string of the molecule is CC/C=C\C/C=C\C/C=C\C/C=C\C/C=C\CC(=O)OCC(COP(=O)(O)OCC(O)COP(=O)(O)OCC(COC(=O)CCCCCCC/C=C\C/C=C\C/C=C\CC)OC(=O)CCCCCCC/C=C\CCCCCCCC)OC(=O)CCCCCCCCCCCCC. The Balaban J connectivity index is 5.40. The Labute approximate surface area is 581 Å². The topological polar surface area (TPSA) is 237 Å². The van der Waals surface area contributed by atoms with E-state index in [0.717, 1.165) is 141 Å². The Morgan fingerprint density at radius 3 is 0.938 bits per heavy atom. The maximum Gasteiger partial charge on any atom is 0.472 e. The van der Waals surface area contributed by atoms with Gasteiger partial charge in [0.1, 0.15) is 19.3 Å². The average molecular weight is 1390 g/mol. The smallest absolute Gasteiger partial charge is 0.462 e. The van der Waals surface area contributed by atoms with Gasteiger partial charge in [-0.15, -0.1) is 0 Å². The molecule has 3 N–H and O–H groups in total. The van der Waals surface area contributed by atoms with E-state index in [2.05, 4.69) is 113 Å². The molecule has 0 spiro atoms. The quantitative estimate of drug-likeness (QED) is 0.0169. The summed E-state index contributed by atoms with van der Waals surface area (Å²) in [6, 6.07) is 0. The third kappa shape index (κ3) is 68.3. The molecule has 0 amide bonds. The van der Waals surface area contributed by atoms with Crippen molar-refractivity contribution < 1.29 is 80.2 Å². The normalized spacial score (nSPS) is 14.6. The fourth-order valence-corrected chi connectivity index (χ4v) is 11.2. The van der Waals surface area contributed by atoms with Crippen LogP contribution in [0.15, 0.2) is 109 Å². The number of esters is 4. The lowest BCUT2D eigenvalue weighted by Crippen LogP contribution is -2.30. The van der Waals surface area contributed by atoms with E-state index in [1.165, 1.54) is 77.0 Å². The van der Waals surface area contributed by atoms with E-state index < -0.39 is 97.5 Å². The third-order valence-corrected chi connectivity index (χ3v) is 17.2. The Hall–Kier alpha value is -4.28. The van der Waals surface area contributed by atoms with Crippen molar-refractivity contribution in [2.24, 2.45) is 0 Å². The van der Waals surface area contributed by atoms with Crippen LogP contribution in [-0.2, 0) is 65.4 Å². The summed E-state index contributed by atoms with van der Waals surface area (Å²) in [5.41, 5.74) is 0. The fourth-order valence-electron chi connectivity index (χ4n) is 9.65. The molecule has 0 saturated carbocycles. The molecule has 0 aromatic carbocycles. The number of phosphoric acid groups is 2. The zero-order chi connectivity index (χ0) is 70.4. The van der Waals surface area contributed by atoms with Gasteiger partial charge in [0.15, 0.2) is 12.2 Å². The Morgan fingerprint density at radius 1 is 0.312 bits per heavy atom. The molecule has 0 radical (unpaired) electrons. The van der Waals surface area contributed by atoms with Gasteiger partial charge in [0, 0.05) is 19.3 Å². The Kier molecular flexibility index (Phi) is 66.1. The first kappa shape index (κ1) is 91.7. The first-order chi connectivity index (χ1) is 46.7. The molecule has 0 bridgehead atoms. The minimum absolute atomic E-state index is 0.0700. The standard InChI is InChI=1S/C77H132O17P2/c1-5-9-13-17-21-25-29-32-35-38-42-45-49-53-57-61-74(79)87-67-72(93-76(81)63-59-55-51-47-41-28-24-20-16-12-8-4)69-91-95(83,84)89-65-71(78)66-90-96(85,86)92-70-73(94-77(82)64-60-56-52-48-44-40-37-34-31-27-23-19-15-11-7-3)68-88-75(80)62-58-54-50-46-43-39-36-33-30-26-22-18-14-10-6-2/h9-10,13-14,21-22,25-26,32-37,42,45,53,57,71-73,78H,5-8,11-12,15-20,23-24,27-31,38-41,43-44,46-52,54-56,58-70H2,1-4H3,(H,83,84)(H,85,86)/b13-9-,14-10-,25-21-,26-22-,35-32-,36-33-,37-34-,45-42-,57-53-. The largest absolute Gasteiger partial charge is 0.472 e. The van der Waals surface area contributed by atoms with Gasteiger partial charge in [-0.25, -0.2) is 9.13 Å². The van der Waals surface area contributed by atoms with E-state index in [1.54, 1.807) is 6.08 Å². The molecule has 0 aliphatic rings. The van der Waals surface area contributed by atoms with E-state index in [-0.39, 0.29) is 25.7 Å². The summed E-state index contributed by atoms with van der Waals surface area (Å²) >= 11 is 0. The van der Waals surface area contributed by atoms with Crippen molar-refractivity contribution in [3.05, 3.63) is 109 Å². The molecule has 0 saturated heterocycles. The summed E-state index contributed by atoms with van der Waals surface area (Å²) in [5.74, 6) is -2.34. The summed E-state index contributed by atoms with van der Waals surface area (Å²) in [6.07, 6.45) is 72.6. The van der Waals surface area contributed by atoms with Gasteiger partial charge in [0.2, 0.25) is 0 Å². The highest BCUT2D eigenvalue weighted by molar-refractivity contribution is 7.47. The lowest BCUT2D eigenvalue weighted by molar-refractivity contribution is -0.161. The lowest BCUT2D eigenvalue weighted by atomic mass is 10.1. The predicted octanol–water partition coefficient (Wildman–Crippen LogP) is 21.0. The minimum Gasteiger partial charge on any atom is -0.462 e. The van der Waals surface area contributed by atoms with Gasteiger partial charge in [0.25, 0.3) is 0 Å². The highest BCUT2D eigenvalue weighted by Crippen LogP contribution is 2.45. The monoisotopic (exact) mass is 1390 g/mol. The van der Waals surface area contributed by atoms with Crippen molar-refractivity contribution in [2.75, 3.05) is 39.6 Å². The molecule has 0 aromatic rings. The molecular weight excluding hydrogens is 1260 g/mol. The second kappa shape index (κ2) is 69.2. The number of aliphatic hydroxyl groups is 1. The van der Waals surface area contributed by atoms with Gasteiger partial charge in [-0.2, -0.15) is 0 Å². The van der Waals surface area contributed by atoms with Gasteiger partial charge in [0.05, 0.1) is 32.8 Å². The number of unbranched alkanes of at least 4 members (excludes halogenated alkanes) is 26. The summed E-state index contributed by atoms with van der Waals surface area (Å²) in [7, 11) is -9.97. The number of phosphoric ester groups is 2. The number of allylic oxidation sites excluding steroid dienone is 17. The highest BCUT2D eigenvalue weighted by Gasteiger charge is 2.30. The molecule has 552 valence electrons. The van der Waals surface area contributed by atoms with Crippen LogP contribution in [0.25, 0.3) is 0 Å².